The smallest absolute Gasteiger partial charge is 0.328 e. The summed E-state index contributed by atoms with van der Waals surface area (Å²) in [5.74, 6) is -1.83. The molecule has 0 saturated heterocycles. The van der Waals surface area contributed by atoms with Crippen molar-refractivity contribution in [1.82, 2.24) is 5.32 Å². The van der Waals surface area contributed by atoms with E-state index in [1.165, 1.54) is 13.2 Å². The van der Waals surface area contributed by atoms with Crippen LogP contribution in [0.2, 0.25) is 0 Å². The Hall–Kier alpha value is -2.67. The Morgan fingerprint density at radius 3 is 2.54 bits per heavy atom. The average molecular weight is 334 g/mol. The molecule has 1 aromatic rings. The summed E-state index contributed by atoms with van der Waals surface area (Å²) in [6.07, 6.45) is 1.38. The molecular weight excluding hydrogens is 312 g/mol. The monoisotopic (exact) mass is 334 g/mol. The minimum Gasteiger partial charge on any atom is -0.467 e. The van der Waals surface area contributed by atoms with Crippen LogP contribution in [0.15, 0.2) is 43.0 Å². The van der Waals surface area contributed by atoms with Gasteiger partial charge in [0.2, 0.25) is 5.91 Å². The van der Waals surface area contributed by atoms with Gasteiger partial charge in [0.05, 0.1) is 19.6 Å². The van der Waals surface area contributed by atoms with Crippen molar-refractivity contribution in [3.8, 4) is 0 Å². The fourth-order valence-corrected chi connectivity index (χ4v) is 1.95. The Kier molecular flexibility index (Phi) is 8.21. The minimum atomic E-state index is -1.12. The molecule has 3 N–H and O–H groups in total. The van der Waals surface area contributed by atoms with Crippen molar-refractivity contribution in [3.63, 3.8) is 0 Å². The van der Waals surface area contributed by atoms with E-state index in [9.17, 15) is 14.4 Å². The van der Waals surface area contributed by atoms with E-state index in [4.69, 9.17) is 15.2 Å². The molecule has 0 radical (unpaired) electrons. The number of nitrogens with two attached hydrogens (primary N) is 1. The summed E-state index contributed by atoms with van der Waals surface area (Å²) in [7, 11) is 1.24. The fraction of sp³-hybridized carbons (Fsp3) is 0.353. The first kappa shape index (κ1) is 19.4. The zero-order chi connectivity index (χ0) is 17.9. The van der Waals surface area contributed by atoms with Crippen LogP contribution in [0.25, 0.3) is 0 Å². The Morgan fingerprint density at radius 1 is 1.29 bits per heavy atom. The Bertz CT molecular complexity index is 574. The zero-order valence-corrected chi connectivity index (χ0v) is 13.6. The maximum atomic E-state index is 12.1. The third-order valence-corrected chi connectivity index (χ3v) is 3.17. The highest BCUT2D eigenvalue weighted by Crippen LogP contribution is 2.05. The summed E-state index contributed by atoms with van der Waals surface area (Å²) in [4.78, 5) is 35.4. The number of benzene rings is 1. The van der Waals surface area contributed by atoms with Crippen LogP contribution in [0.4, 0.5) is 0 Å². The van der Waals surface area contributed by atoms with Gasteiger partial charge in [-0.2, -0.15) is 0 Å². The van der Waals surface area contributed by atoms with Gasteiger partial charge in [0.25, 0.3) is 0 Å². The highest BCUT2D eigenvalue weighted by atomic mass is 16.5. The molecule has 7 heteroatoms. The van der Waals surface area contributed by atoms with Gasteiger partial charge in [0, 0.05) is 6.42 Å². The van der Waals surface area contributed by atoms with E-state index in [0.717, 1.165) is 5.56 Å². The molecule has 0 aliphatic carbocycles. The van der Waals surface area contributed by atoms with Crippen molar-refractivity contribution in [1.29, 1.82) is 0 Å². The first-order chi connectivity index (χ1) is 11.5. The number of hydrogen-bond donors (Lipinski definition) is 2. The van der Waals surface area contributed by atoms with Crippen molar-refractivity contribution in [2.24, 2.45) is 5.73 Å². The van der Waals surface area contributed by atoms with Gasteiger partial charge in [-0.15, -0.1) is 0 Å². The number of amides is 1. The summed E-state index contributed by atoms with van der Waals surface area (Å²) >= 11 is 0. The van der Waals surface area contributed by atoms with Crippen LogP contribution < -0.4 is 11.1 Å². The van der Waals surface area contributed by atoms with Crippen molar-refractivity contribution in [3.05, 3.63) is 48.6 Å². The third kappa shape index (κ3) is 6.62. The van der Waals surface area contributed by atoms with E-state index in [-0.39, 0.29) is 19.4 Å². The van der Waals surface area contributed by atoms with E-state index in [2.05, 4.69) is 11.9 Å². The van der Waals surface area contributed by atoms with Crippen LogP contribution in [0.3, 0.4) is 0 Å². The van der Waals surface area contributed by atoms with E-state index in [0.29, 0.717) is 0 Å². The third-order valence-electron chi connectivity index (χ3n) is 3.17. The van der Waals surface area contributed by atoms with Crippen LogP contribution in [0.5, 0.6) is 0 Å². The molecule has 1 aromatic carbocycles. The number of esters is 2. The maximum absolute atomic E-state index is 12.1. The largest absolute Gasteiger partial charge is 0.467 e. The van der Waals surface area contributed by atoms with Crippen LogP contribution in [-0.2, 0) is 30.3 Å². The molecule has 1 amide bonds. The predicted octanol–water partition coefficient (Wildman–Crippen LogP) is 0.334. The van der Waals surface area contributed by atoms with Gasteiger partial charge >= 0.3 is 11.9 Å². The second kappa shape index (κ2) is 10.2. The molecule has 0 saturated carbocycles. The summed E-state index contributed by atoms with van der Waals surface area (Å²) in [6.45, 7) is 3.46. The number of nitrogens with one attached hydrogen (secondary N) is 1. The Morgan fingerprint density at radius 2 is 1.96 bits per heavy atom. The average Bonchev–Trinajstić information content (AvgIpc) is 2.59. The van der Waals surface area contributed by atoms with Crippen molar-refractivity contribution < 1.29 is 23.9 Å². The number of rotatable bonds is 9. The number of ether oxygens (including phenoxy) is 2. The van der Waals surface area contributed by atoms with Gasteiger partial charge in [-0.25, -0.2) is 4.79 Å². The highest BCUT2D eigenvalue weighted by Gasteiger charge is 2.26. The quantitative estimate of drug-likeness (QED) is 0.498. The summed E-state index contributed by atoms with van der Waals surface area (Å²) in [6, 6.07) is 7.15. The van der Waals surface area contributed by atoms with Crippen LogP contribution in [0, 0.1) is 0 Å². The molecule has 0 spiro atoms. The molecule has 2 unspecified atom stereocenters. The molecule has 0 aromatic heterocycles. The molecular formula is C17H22N2O5. The molecule has 7 nitrogen and oxygen atoms in total. The maximum Gasteiger partial charge on any atom is 0.328 e. The van der Waals surface area contributed by atoms with Crippen LogP contribution >= 0.6 is 0 Å². The standard InChI is InChI=1S/C17H22N2O5/c1-3-9-24-15(20)11-13(18)16(21)19-14(17(22)23-2)10-12-7-5-4-6-8-12/h3-8,13-14H,1,9-11,18H2,2H3,(H,19,21). The van der Waals surface area contributed by atoms with Crippen molar-refractivity contribution in [2.75, 3.05) is 13.7 Å². The number of carbonyl (C=O) groups excluding carboxylic acids is 3. The lowest BCUT2D eigenvalue weighted by Gasteiger charge is -2.19. The molecule has 1 rings (SSSR count). The fourth-order valence-electron chi connectivity index (χ4n) is 1.95. The molecule has 0 fully saturated rings. The lowest BCUT2D eigenvalue weighted by atomic mass is 10.1. The second-order valence-corrected chi connectivity index (χ2v) is 5.06. The normalized spacial score (nSPS) is 12.6. The summed E-state index contributed by atoms with van der Waals surface area (Å²) < 4.78 is 9.47. The number of carbonyl (C=O) groups is 3. The number of methoxy groups -OCH3 is 1. The molecule has 0 heterocycles. The van der Waals surface area contributed by atoms with E-state index in [1.807, 2.05) is 30.3 Å². The SMILES string of the molecule is C=CCOC(=O)CC(N)C(=O)NC(Cc1ccccc1)C(=O)OC. The van der Waals surface area contributed by atoms with Gasteiger partial charge < -0.3 is 20.5 Å². The molecule has 0 aliphatic rings. The van der Waals surface area contributed by atoms with Gasteiger partial charge in [0.1, 0.15) is 12.6 Å². The number of hydrogen-bond acceptors (Lipinski definition) is 6. The minimum absolute atomic E-state index is 0.0476. The van der Waals surface area contributed by atoms with E-state index < -0.39 is 29.9 Å². The molecule has 0 bridgehead atoms. The Labute approximate surface area is 140 Å². The molecule has 2 atom stereocenters. The van der Waals surface area contributed by atoms with E-state index in [1.54, 1.807) is 0 Å². The predicted molar refractivity (Wildman–Crippen MR) is 87.8 cm³/mol. The topological polar surface area (TPSA) is 108 Å². The van der Waals surface area contributed by atoms with Crippen LogP contribution in [-0.4, -0.2) is 43.6 Å². The first-order valence-corrected chi connectivity index (χ1v) is 7.42. The second-order valence-electron chi connectivity index (χ2n) is 5.06. The highest BCUT2D eigenvalue weighted by molar-refractivity contribution is 5.90. The van der Waals surface area contributed by atoms with Gasteiger partial charge in [-0.1, -0.05) is 43.0 Å². The van der Waals surface area contributed by atoms with Gasteiger partial charge in [-0.05, 0) is 5.56 Å². The lowest BCUT2D eigenvalue weighted by molar-refractivity contribution is -0.146. The molecule has 24 heavy (non-hydrogen) atoms. The molecule has 0 aliphatic heterocycles. The summed E-state index contributed by atoms with van der Waals surface area (Å²) in [5, 5.41) is 2.51. The molecule has 130 valence electrons. The van der Waals surface area contributed by atoms with Gasteiger partial charge in [-0.3, -0.25) is 9.59 Å². The van der Waals surface area contributed by atoms with Crippen molar-refractivity contribution in [2.45, 2.75) is 24.9 Å². The van der Waals surface area contributed by atoms with Crippen molar-refractivity contribution >= 4 is 17.8 Å². The van der Waals surface area contributed by atoms with Gasteiger partial charge in [0.15, 0.2) is 0 Å². The van der Waals surface area contributed by atoms with E-state index >= 15 is 0 Å². The summed E-state index contributed by atoms with van der Waals surface area (Å²) in [5.41, 5.74) is 6.54. The lowest BCUT2D eigenvalue weighted by Crippen LogP contribution is -2.50. The van der Waals surface area contributed by atoms with Crippen LogP contribution in [0.1, 0.15) is 12.0 Å². The first-order valence-electron chi connectivity index (χ1n) is 7.42. The zero-order valence-electron chi connectivity index (χ0n) is 13.6. The Balaban J connectivity index is 2.65.